The van der Waals surface area contributed by atoms with Crippen LogP contribution in [0.2, 0.25) is 12.1 Å². The third kappa shape index (κ3) is 6.38. The van der Waals surface area contributed by atoms with Crippen LogP contribution in [0.1, 0.15) is 23.6 Å². The van der Waals surface area contributed by atoms with Crippen molar-refractivity contribution in [2.75, 3.05) is 0 Å². The van der Waals surface area contributed by atoms with Gasteiger partial charge in [0.25, 0.3) is 0 Å². The van der Waals surface area contributed by atoms with Gasteiger partial charge in [0.05, 0.1) is 23.6 Å². The zero-order valence-electron chi connectivity index (χ0n) is 18.9. The number of benzene rings is 2. The standard InChI is InChI=1S/C26H28N2O3Si2/c32-17-23(21-13-7-15-25(27-21)29-19-9-3-1-4-10-19)31-24(18-33)22-14-8-16-26(28-22)30-20-11-5-2-6-12-20/h1-16,23-24H,17-18H2,32-33H3. The van der Waals surface area contributed by atoms with Crippen molar-refractivity contribution in [3.8, 4) is 23.3 Å². The maximum Gasteiger partial charge on any atom is 0.219 e. The predicted octanol–water partition coefficient (Wildman–Crippen LogP) is 4.43. The van der Waals surface area contributed by atoms with E-state index in [1.165, 1.54) is 0 Å². The number of aromatic nitrogens is 2. The summed E-state index contributed by atoms with van der Waals surface area (Å²) in [5.41, 5.74) is 1.77. The van der Waals surface area contributed by atoms with Gasteiger partial charge in [0, 0.05) is 32.6 Å². The van der Waals surface area contributed by atoms with Gasteiger partial charge in [-0.3, -0.25) is 0 Å². The number of ether oxygens (including phenoxy) is 3. The molecule has 0 spiro atoms. The molecular weight excluding hydrogens is 444 g/mol. The van der Waals surface area contributed by atoms with E-state index in [4.69, 9.17) is 24.2 Å². The normalized spacial score (nSPS) is 12.8. The molecule has 2 aromatic heterocycles. The molecule has 7 heteroatoms. The molecule has 0 amide bonds. The van der Waals surface area contributed by atoms with Gasteiger partial charge in [0.15, 0.2) is 0 Å². The van der Waals surface area contributed by atoms with Crippen molar-refractivity contribution in [3.63, 3.8) is 0 Å². The molecule has 0 bridgehead atoms. The Balaban J connectivity index is 1.49. The first kappa shape index (κ1) is 22.9. The summed E-state index contributed by atoms with van der Waals surface area (Å²) in [6.07, 6.45) is -0.203. The van der Waals surface area contributed by atoms with Crippen LogP contribution >= 0.6 is 0 Å². The fourth-order valence-electron chi connectivity index (χ4n) is 3.50. The Kier molecular flexibility index (Phi) is 8.02. The van der Waals surface area contributed by atoms with Gasteiger partial charge < -0.3 is 14.2 Å². The Morgan fingerprint density at radius 3 is 1.36 bits per heavy atom. The second-order valence-electron chi connectivity index (χ2n) is 7.56. The average molecular weight is 473 g/mol. The lowest BCUT2D eigenvalue weighted by atomic mass is 10.2. The fraction of sp³-hybridized carbons (Fsp3) is 0.154. The SMILES string of the molecule is [SiH3]CC(OC(C[SiH3])c1cccc(Oc2ccccc2)n1)c1cccc(Oc2ccccc2)n1. The van der Waals surface area contributed by atoms with Crippen molar-refractivity contribution in [3.05, 3.63) is 108 Å². The van der Waals surface area contributed by atoms with E-state index in [1.807, 2.05) is 97.1 Å². The molecule has 2 atom stereocenters. The predicted molar refractivity (Wildman–Crippen MR) is 138 cm³/mol. The van der Waals surface area contributed by atoms with Gasteiger partial charge in [0.2, 0.25) is 11.8 Å². The summed E-state index contributed by atoms with van der Waals surface area (Å²) in [6.45, 7) is 0. The minimum atomic E-state index is -0.101. The lowest BCUT2D eigenvalue weighted by molar-refractivity contribution is 0.00174. The highest BCUT2D eigenvalue weighted by molar-refractivity contribution is 6.09. The number of hydrogen-bond acceptors (Lipinski definition) is 5. The van der Waals surface area contributed by atoms with Gasteiger partial charge in [-0.2, -0.15) is 0 Å². The third-order valence-electron chi connectivity index (χ3n) is 5.15. The first-order chi connectivity index (χ1) is 16.2. The molecule has 0 aliphatic rings. The molecule has 0 saturated heterocycles. The van der Waals surface area contributed by atoms with E-state index in [0.717, 1.165) is 55.5 Å². The quantitative estimate of drug-likeness (QED) is 0.320. The monoisotopic (exact) mass is 472 g/mol. The summed E-state index contributed by atoms with van der Waals surface area (Å²) in [5, 5.41) is 0. The molecule has 4 rings (SSSR count). The number of rotatable bonds is 10. The highest BCUT2D eigenvalue weighted by Crippen LogP contribution is 2.32. The third-order valence-corrected chi connectivity index (χ3v) is 6.63. The zero-order chi connectivity index (χ0) is 22.9. The van der Waals surface area contributed by atoms with Crippen molar-refractivity contribution in [1.29, 1.82) is 0 Å². The molecule has 168 valence electrons. The number of para-hydroxylation sites is 2. The van der Waals surface area contributed by atoms with E-state index in [-0.39, 0.29) is 12.2 Å². The molecule has 0 saturated carbocycles. The molecule has 2 aromatic carbocycles. The van der Waals surface area contributed by atoms with Crippen LogP contribution < -0.4 is 9.47 Å². The molecule has 2 unspecified atom stereocenters. The Bertz CT molecular complexity index is 1060. The van der Waals surface area contributed by atoms with Gasteiger partial charge in [-0.25, -0.2) is 9.97 Å². The van der Waals surface area contributed by atoms with Gasteiger partial charge in [-0.1, -0.05) is 48.5 Å². The molecule has 0 aliphatic heterocycles. The fourth-order valence-corrected chi connectivity index (χ4v) is 4.72. The summed E-state index contributed by atoms with van der Waals surface area (Å²) < 4.78 is 18.4. The summed E-state index contributed by atoms with van der Waals surface area (Å²) in [7, 11) is 1.99. The Morgan fingerprint density at radius 2 is 0.970 bits per heavy atom. The van der Waals surface area contributed by atoms with Gasteiger partial charge >= 0.3 is 0 Å². The van der Waals surface area contributed by atoms with Crippen molar-refractivity contribution in [2.24, 2.45) is 0 Å². The van der Waals surface area contributed by atoms with Crippen LogP contribution in [0.15, 0.2) is 97.1 Å². The zero-order valence-corrected chi connectivity index (χ0v) is 22.9. The van der Waals surface area contributed by atoms with Crippen LogP contribution in [-0.2, 0) is 4.74 Å². The van der Waals surface area contributed by atoms with Crippen LogP contribution in [-0.4, -0.2) is 30.5 Å². The second-order valence-corrected chi connectivity index (χ2v) is 9.19. The molecule has 5 nitrogen and oxygen atoms in total. The van der Waals surface area contributed by atoms with E-state index < -0.39 is 0 Å². The van der Waals surface area contributed by atoms with Crippen molar-refractivity contribution in [2.45, 2.75) is 24.3 Å². The van der Waals surface area contributed by atoms with Gasteiger partial charge in [-0.15, -0.1) is 0 Å². The topological polar surface area (TPSA) is 53.5 Å². The first-order valence-corrected chi connectivity index (χ1v) is 14.1. The van der Waals surface area contributed by atoms with Crippen LogP contribution in [0, 0.1) is 0 Å². The van der Waals surface area contributed by atoms with Crippen molar-refractivity contribution >= 4 is 20.5 Å². The van der Waals surface area contributed by atoms with Crippen LogP contribution in [0.25, 0.3) is 0 Å². The van der Waals surface area contributed by atoms with E-state index >= 15 is 0 Å². The maximum atomic E-state index is 6.56. The summed E-state index contributed by atoms with van der Waals surface area (Å²) >= 11 is 0. The van der Waals surface area contributed by atoms with E-state index in [9.17, 15) is 0 Å². The molecule has 0 N–H and O–H groups in total. The van der Waals surface area contributed by atoms with Crippen molar-refractivity contribution in [1.82, 2.24) is 9.97 Å². The minimum absolute atomic E-state index is 0.101. The smallest absolute Gasteiger partial charge is 0.219 e. The Morgan fingerprint density at radius 1 is 0.545 bits per heavy atom. The van der Waals surface area contributed by atoms with Crippen molar-refractivity contribution < 1.29 is 14.2 Å². The number of hydrogen-bond donors (Lipinski definition) is 0. The van der Waals surface area contributed by atoms with E-state index in [0.29, 0.717) is 11.8 Å². The largest absolute Gasteiger partial charge is 0.439 e. The highest BCUT2D eigenvalue weighted by Gasteiger charge is 2.20. The first-order valence-electron chi connectivity index (χ1n) is 11.3. The molecule has 2 heterocycles. The maximum absolute atomic E-state index is 6.56. The Labute approximate surface area is 200 Å². The Hall–Kier alpha value is -3.27. The van der Waals surface area contributed by atoms with Gasteiger partial charge in [0.1, 0.15) is 11.5 Å². The van der Waals surface area contributed by atoms with Crippen LogP contribution in [0.5, 0.6) is 23.3 Å². The summed E-state index contributed by atoms with van der Waals surface area (Å²) in [6, 6.07) is 32.9. The number of pyridine rings is 2. The number of nitrogens with zero attached hydrogens (tertiary/aromatic N) is 2. The average Bonchev–Trinajstić information content (AvgIpc) is 2.86. The summed E-state index contributed by atoms with van der Waals surface area (Å²) in [5.74, 6) is 2.67. The highest BCUT2D eigenvalue weighted by atomic mass is 28.1. The van der Waals surface area contributed by atoms with Gasteiger partial charge in [-0.05, 0) is 48.5 Å². The molecule has 4 aromatic rings. The molecular formula is C26H28N2O3Si2. The van der Waals surface area contributed by atoms with Crippen LogP contribution in [0.4, 0.5) is 0 Å². The van der Waals surface area contributed by atoms with E-state index in [2.05, 4.69) is 0 Å². The molecule has 0 radical (unpaired) electrons. The van der Waals surface area contributed by atoms with E-state index in [1.54, 1.807) is 0 Å². The lowest BCUT2D eigenvalue weighted by Crippen LogP contribution is -2.13. The lowest BCUT2D eigenvalue weighted by Gasteiger charge is -2.23. The second kappa shape index (κ2) is 11.6. The van der Waals surface area contributed by atoms with Crippen LogP contribution in [0.3, 0.4) is 0 Å². The minimum Gasteiger partial charge on any atom is -0.439 e. The molecule has 0 fully saturated rings. The molecule has 0 aliphatic carbocycles. The summed E-state index contributed by atoms with van der Waals surface area (Å²) in [4.78, 5) is 9.47. The molecule has 33 heavy (non-hydrogen) atoms.